The van der Waals surface area contributed by atoms with Gasteiger partial charge in [0.25, 0.3) is 0 Å². The monoisotopic (exact) mass is 436 g/mol. The van der Waals surface area contributed by atoms with Gasteiger partial charge in [-0.3, -0.25) is 9.59 Å². The smallest absolute Gasteiger partial charge is 0.303 e. The second-order valence-electron chi connectivity index (χ2n) is 8.74. The molecule has 4 aromatic carbocycles. The van der Waals surface area contributed by atoms with E-state index in [1.807, 2.05) is 30.3 Å². The lowest BCUT2D eigenvalue weighted by Crippen LogP contribution is -2.27. The lowest BCUT2D eigenvalue weighted by atomic mass is 9.71. The maximum absolute atomic E-state index is 11.5. The molecule has 0 aliphatic heterocycles. The second-order valence-corrected chi connectivity index (χ2v) is 8.74. The largest absolute Gasteiger partial charge is 0.481 e. The molecule has 0 saturated carbocycles. The molecule has 0 heterocycles. The van der Waals surface area contributed by atoms with Gasteiger partial charge in [0.1, 0.15) is 0 Å². The fraction of sp³-hybridized carbons (Fsp3) is 0.172. The van der Waals surface area contributed by atoms with Gasteiger partial charge < -0.3 is 10.2 Å². The first-order chi connectivity index (χ1) is 16.0. The molecule has 0 radical (unpaired) electrons. The average Bonchev–Trinajstić information content (AvgIpc) is 3.11. The number of aliphatic carboxylic acids is 2. The normalized spacial score (nSPS) is 13.5. The van der Waals surface area contributed by atoms with Crippen molar-refractivity contribution in [1.29, 1.82) is 0 Å². The van der Waals surface area contributed by atoms with Crippen LogP contribution in [0.2, 0.25) is 0 Å². The summed E-state index contributed by atoms with van der Waals surface area (Å²) in [6.45, 7) is 0. The Kier molecular flexibility index (Phi) is 5.21. The Morgan fingerprint density at radius 2 is 1.18 bits per heavy atom. The Morgan fingerprint density at radius 1 is 0.606 bits per heavy atom. The minimum atomic E-state index is -0.872. The number of hydrogen-bond acceptors (Lipinski definition) is 2. The molecule has 0 atom stereocenters. The number of rotatable bonds is 7. The van der Waals surface area contributed by atoms with Crippen LogP contribution in [0.3, 0.4) is 0 Å². The van der Waals surface area contributed by atoms with Gasteiger partial charge in [0.05, 0.1) is 0 Å². The number of benzene rings is 4. The van der Waals surface area contributed by atoms with E-state index in [4.69, 9.17) is 0 Å². The highest BCUT2D eigenvalue weighted by molar-refractivity contribution is 5.90. The quantitative estimate of drug-likeness (QED) is 0.347. The zero-order valence-corrected chi connectivity index (χ0v) is 18.1. The number of carboxylic acids is 2. The molecule has 0 saturated heterocycles. The van der Waals surface area contributed by atoms with E-state index in [1.165, 1.54) is 10.8 Å². The van der Waals surface area contributed by atoms with Gasteiger partial charge in [-0.1, -0.05) is 72.8 Å². The summed E-state index contributed by atoms with van der Waals surface area (Å²) >= 11 is 0. The van der Waals surface area contributed by atoms with Gasteiger partial charge in [-0.15, -0.1) is 0 Å². The molecule has 0 unspecified atom stereocenters. The SMILES string of the molecule is O=C(O)CCC1(CCC(=O)O)c2ccccc2-c2cc(-c3ccc4ccccc4c3)ccc21. The molecule has 1 aliphatic rings. The first-order valence-electron chi connectivity index (χ1n) is 11.2. The summed E-state index contributed by atoms with van der Waals surface area (Å²) < 4.78 is 0. The average molecular weight is 437 g/mol. The second kappa shape index (κ2) is 8.21. The van der Waals surface area contributed by atoms with Crippen molar-refractivity contribution >= 4 is 22.7 Å². The molecule has 4 aromatic rings. The number of hydrogen-bond donors (Lipinski definition) is 2. The molecule has 1 aliphatic carbocycles. The van der Waals surface area contributed by atoms with Crippen LogP contribution in [-0.4, -0.2) is 22.2 Å². The maximum Gasteiger partial charge on any atom is 0.303 e. The molecule has 0 spiro atoms. The number of carboxylic acid groups (broad SMARTS) is 2. The molecule has 4 nitrogen and oxygen atoms in total. The van der Waals surface area contributed by atoms with E-state index in [0.717, 1.165) is 33.4 Å². The summed E-state index contributed by atoms with van der Waals surface area (Å²) in [4.78, 5) is 23.0. The minimum absolute atomic E-state index is 0.0141. The van der Waals surface area contributed by atoms with Crippen LogP contribution < -0.4 is 0 Å². The van der Waals surface area contributed by atoms with E-state index < -0.39 is 17.4 Å². The summed E-state index contributed by atoms with van der Waals surface area (Å²) in [5, 5.41) is 21.2. The third-order valence-electron chi connectivity index (χ3n) is 6.88. The summed E-state index contributed by atoms with van der Waals surface area (Å²) in [7, 11) is 0. The van der Waals surface area contributed by atoms with Crippen molar-refractivity contribution in [2.24, 2.45) is 0 Å². The van der Waals surface area contributed by atoms with E-state index in [1.54, 1.807) is 0 Å². The van der Waals surface area contributed by atoms with Gasteiger partial charge in [-0.25, -0.2) is 0 Å². The molecule has 5 rings (SSSR count). The van der Waals surface area contributed by atoms with Crippen molar-refractivity contribution in [3.8, 4) is 22.3 Å². The van der Waals surface area contributed by atoms with Gasteiger partial charge in [-0.05, 0) is 69.1 Å². The first-order valence-corrected chi connectivity index (χ1v) is 11.2. The van der Waals surface area contributed by atoms with E-state index in [2.05, 4.69) is 54.6 Å². The number of fused-ring (bicyclic) bond motifs is 4. The third kappa shape index (κ3) is 3.68. The highest BCUT2D eigenvalue weighted by Gasteiger charge is 2.43. The molecule has 0 bridgehead atoms. The van der Waals surface area contributed by atoms with Gasteiger partial charge in [0, 0.05) is 18.3 Å². The number of carbonyl (C=O) groups is 2. The maximum atomic E-state index is 11.5. The van der Waals surface area contributed by atoms with Crippen molar-refractivity contribution in [2.75, 3.05) is 0 Å². The third-order valence-corrected chi connectivity index (χ3v) is 6.88. The van der Waals surface area contributed by atoms with Crippen molar-refractivity contribution in [3.05, 3.63) is 96.1 Å². The summed E-state index contributed by atoms with van der Waals surface area (Å²) in [5.41, 5.74) is 5.75. The van der Waals surface area contributed by atoms with Crippen LogP contribution in [-0.2, 0) is 15.0 Å². The first kappa shape index (κ1) is 21.0. The van der Waals surface area contributed by atoms with Crippen LogP contribution in [0.1, 0.15) is 36.8 Å². The summed E-state index contributed by atoms with van der Waals surface area (Å²) in [6, 6.07) is 29.0. The molecule has 164 valence electrons. The Morgan fingerprint density at radius 3 is 1.91 bits per heavy atom. The van der Waals surface area contributed by atoms with Crippen molar-refractivity contribution < 1.29 is 19.8 Å². The molecular weight excluding hydrogens is 412 g/mol. The fourth-order valence-electron chi connectivity index (χ4n) is 5.32. The summed E-state index contributed by atoms with van der Waals surface area (Å²) in [5.74, 6) is -1.74. The van der Waals surface area contributed by atoms with Gasteiger partial charge in [-0.2, -0.15) is 0 Å². The Hall–Kier alpha value is -3.92. The van der Waals surface area contributed by atoms with Crippen molar-refractivity contribution in [2.45, 2.75) is 31.1 Å². The molecular formula is C29H24O4. The molecule has 2 N–H and O–H groups in total. The lowest BCUT2D eigenvalue weighted by Gasteiger charge is -2.31. The fourth-order valence-corrected chi connectivity index (χ4v) is 5.32. The van der Waals surface area contributed by atoms with E-state index in [-0.39, 0.29) is 12.8 Å². The highest BCUT2D eigenvalue weighted by atomic mass is 16.4. The van der Waals surface area contributed by atoms with Crippen molar-refractivity contribution in [1.82, 2.24) is 0 Å². The van der Waals surface area contributed by atoms with Crippen LogP contribution in [0.4, 0.5) is 0 Å². The zero-order chi connectivity index (χ0) is 23.0. The predicted molar refractivity (Wildman–Crippen MR) is 129 cm³/mol. The summed E-state index contributed by atoms with van der Waals surface area (Å²) in [6.07, 6.45) is 0.712. The van der Waals surface area contributed by atoms with E-state index in [0.29, 0.717) is 12.8 Å². The Balaban J connectivity index is 1.66. The Bertz CT molecular complexity index is 1370. The standard InChI is InChI=1S/C29H24O4/c30-27(31)13-15-29(16-14-28(32)33)25-8-4-3-7-23(25)24-18-22(11-12-26(24)29)21-10-9-19-5-1-2-6-20(19)17-21/h1-12,17-18H,13-16H2,(H,30,31)(H,32,33). The Labute approximate surface area is 192 Å². The van der Waals surface area contributed by atoms with Gasteiger partial charge in [0.2, 0.25) is 0 Å². The molecule has 33 heavy (non-hydrogen) atoms. The van der Waals surface area contributed by atoms with Crippen LogP contribution in [0, 0.1) is 0 Å². The van der Waals surface area contributed by atoms with Crippen LogP contribution >= 0.6 is 0 Å². The minimum Gasteiger partial charge on any atom is -0.481 e. The van der Waals surface area contributed by atoms with Crippen molar-refractivity contribution in [3.63, 3.8) is 0 Å². The van der Waals surface area contributed by atoms with Crippen LogP contribution in [0.25, 0.3) is 33.0 Å². The van der Waals surface area contributed by atoms with Gasteiger partial charge in [0.15, 0.2) is 0 Å². The van der Waals surface area contributed by atoms with Gasteiger partial charge >= 0.3 is 11.9 Å². The lowest BCUT2D eigenvalue weighted by molar-refractivity contribution is -0.137. The van der Waals surface area contributed by atoms with Crippen LogP contribution in [0.5, 0.6) is 0 Å². The molecule has 0 fully saturated rings. The predicted octanol–water partition coefficient (Wildman–Crippen LogP) is 6.50. The highest BCUT2D eigenvalue weighted by Crippen LogP contribution is 2.54. The molecule has 0 amide bonds. The van der Waals surface area contributed by atoms with E-state index in [9.17, 15) is 19.8 Å². The topological polar surface area (TPSA) is 74.6 Å². The molecule has 4 heteroatoms. The zero-order valence-electron chi connectivity index (χ0n) is 18.1. The van der Waals surface area contributed by atoms with E-state index >= 15 is 0 Å². The van der Waals surface area contributed by atoms with Crippen LogP contribution in [0.15, 0.2) is 84.9 Å². The molecule has 0 aromatic heterocycles.